The van der Waals surface area contributed by atoms with Gasteiger partial charge in [0, 0.05) is 76.5 Å². The molecule has 0 fully saturated rings. The van der Waals surface area contributed by atoms with E-state index >= 15 is 0 Å². The molecule has 0 N–H and O–H groups in total. The largest absolute Gasteiger partial charge is 0.494 e. The van der Waals surface area contributed by atoms with Gasteiger partial charge in [-0.1, -0.05) is 152 Å². The summed E-state index contributed by atoms with van der Waals surface area (Å²) in [6.07, 6.45) is 20.9. The number of fused-ring (bicyclic) bond motifs is 7. The van der Waals surface area contributed by atoms with Crippen molar-refractivity contribution in [2.24, 2.45) is 7.05 Å². The van der Waals surface area contributed by atoms with Crippen molar-refractivity contribution in [2.75, 3.05) is 7.11 Å². The maximum absolute atomic E-state index is 5.27. The van der Waals surface area contributed by atoms with Crippen LogP contribution >= 0.6 is 0 Å². The Hall–Kier alpha value is -10.3. The van der Waals surface area contributed by atoms with Gasteiger partial charge in [-0.15, -0.1) is 0 Å². The van der Waals surface area contributed by atoms with E-state index in [0.717, 1.165) is 89.3 Å². The van der Waals surface area contributed by atoms with Crippen molar-refractivity contribution in [2.45, 2.75) is 138 Å². The molecule has 476 valence electrons. The van der Waals surface area contributed by atoms with Crippen LogP contribution < -0.4 is 4.74 Å². The molecular formula is C76H86N16O. The Bertz CT molecular complexity index is 4170. The lowest BCUT2D eigenvalue weighted by atomic mass is 9.99. The lowest BCUT2D eigenvalue weighted by Gasteiger charge is -2.09. The van der Waals surface area contributed by atoms with E-state index in [2.05, 4.69) is 232 Å². The molecule has 14 rings (SSSR count). The summed E-state index contributed by atoms with van der Waals surface area (Å²) in [6, 6.07) is 38.6. The van der Waals surface area contributed by atoms with Gasteiger partial charge < -0.3 is 9.30 Å². The number of aromatic nitrogens is 16. The second-order valence-electron chi connectivity index (χ2n) is 24.4. The maximum atomic E-state index is 5.27. The van der Waals surface area contributed by atoms with E-state index < -0.39 is 0 Å². The lowest BCUT2D eigenvalue weighted by molar-refractivity contribution is 0.419. The number of nitrogens with zero attached hydrogens (tertiary/aromatic N) is 16. The average Bonchev–Trinajstić information content (AvgIpc) is 1.79. The fourth-order valence-corrected chi connectivity index (χ4v) is 10.6. The Morgan fingerprint density at radius 1 is 0.323 bits per heavy atom. The van der Waals surface area contributed by atoms with Crippen LogP contribution in [0.3, 0.4) is 0 Å². The van der Waals surface area contributed by atoms with Gasteiger partial charge >= 0.3 is 0 Å². The SMILES string of the molecule is CC(C)c1ccnc2ccccc12.CC(C)c1nccc2ccccc12.CC(C)c1ncnc2c1ccn2C.CC(C)c1ncnc2cccnc12.CC(C)c1ncnc2cnccc12.CC(C)c1ncnc2ncccc12.COc1cccc2c(C(C)C)ncnc12. The van der Waals surface area contributed by atoms with E-state index in [4.69, 9.17) is 4.74 Å². The number of methoxy groups -OCH3 is 1. The van der Waals surface area contributed by atoms with E-state index in [9.17, 15) is 0 Å². The number of rotatable bonds is 8. The molecule has 11 heterocycles. The van der Waals surface area contributed by atoms with Crippen LogP contribution in [0.5, 0.6) is 5.75 Å². The average molecular weight is 1240 g/mol. The molecule has 0 bridgehead atoms. The number of hydrogen-bond donors (Lipinski definition) is 0. The Morgan fingerprint density at radius 2 is 0.849 bits per heavy atom. The van der Waals surface area contributed by atoms with Crippen LogP contribution in [0.2, 0.25) is 0 Å². The molecule has 0 aliphatic rings. The fraction of sp³-hybridized carbons (Fsp3) is 0.303. The molecule has 17 nitrogen and oxygen atoms in total. The predicted molar refractivity (Wildman–Crippen MR) is 379 cm³/mol. The number of benzene rings is 3. The zero-order chi connectivity index (χ0) is 66.6. The van der Waals surface area contributed by atoms with E-state index in [0.29, 0.717) is 41.4 Å². The molecule has 0 amide bonds. The fourth-order valence-electron chi connectivity index (χ4n) is 10.6. The number of hydrogen-bond acceptors (Lipinski definition) is 16. The van der Waals surface area contributed by atoms with Crippen molar-refractivity contribution in [1.29, 1.82) is 0 Å². The number of ether oxygens (including phenoxy) is 1. The minimum absolute atomic E-state index is 0.389. The molecule has 0 saturated heterocycles. The molecule has 0 radical (unpaired) electrons. The monoisotopic (exact) mass is 1240 g/mol. The van der Waals surface area contributed by atoms with E-state index in [-0.39, 0.29) is 0 Å². The van der Waals surface area contributed by atoms with Gasteiger partial charge in [-0.25, -0.2) is 54.8 Å². The molecule has 0 aliphatic carbocycles. The Kier molecular flexibility index (Phi) is 24.5. The third kappa shape index (κ3) is 17.6. The van der Waals surface area contributed by atoms with Gasteiger partial charge in [0.25, 0.3) is 0 Å². The molecule has 0 atom stereocenters. The molecule has 93 heavy (non-hydrogen) atoms. The van der Waals surface area contributed by atoms with Crippen LogP contribution in [-0.4, -0.2) is 86.4 Å². The van der Waals surface area contributed by atoms with Crippen molar-refractivity contribution in [1.82, 2.24) is 79.3 Å². The smallest absolute Gasteiger partial charge is 0.162 e. The van der Waals surface area contributed by atoms with Crippen molar-refractivity contribution < 1.29 is 4.74 Å². The minimum Gasteiger partial charge on any atom is -0.494 e. The summed E-state index contributed by atoms with van der Waals surface area (Å²) in [4.78, 5) is 63.5. The second kappa shape index (κ2) is 33.2. The number of para-hydroxylation sites is 2. The van der Waals surface area contributed by atoms with Crippen LogP contribution in [0.15, 0.2) is 190 Å². The second-order valence-corrected chi connectivity index (χ2v) is 24.4. The van der Waals surface area contributed by atoms with E-state index in [1.165, 1.54) is 32.8 Å². The van der Waals surface area contributed by atoms with Crippen molar-refractivity contribution >= 4 is 76.6 Å². The number of aryl methyl sites for hydroxylation is 1. The van der Waals surface area contributed by atoms with Gasteiger partial charge in [0.2, 0.25) is 0 Å². The van der Waals surface area contributed by atoms with Crippen LogP contribution in [-0.2, 0) is 7.05 Å². The molecule has 0 saturated carbocycles. The van der Waals surface area contributed by atoms with E-state index in [1.807, 2.05) is 84.8 Å². The van der Waals surface area contributed by atoms with Gasteiger partial charge in [0.05, 0.1) is 64.0 Å². The first-order valence-corrected chi connectivity index (χ1v) is 31.7. The Balaban J connectivity index is 0.000000139. The molecule has 0 unspecified atom stereocenters. The molecule has 11 aromatic heterocycles. The first-order valence-electron chi connectivity index (χ1n) is 31.7. The van der Waals surface area contributed by atoms with Crippen LogP contribution in [0.1, 0.15) is 178 Å². The summed E-state index contributed by atoms with van der Waals surface area (Å²) in [6.45, 7) is 30.0. The van der Waals surface area contributed by atoms with Gasteiger partial charge in [-0.2, -0.15) is 0 Å². The van der Waals surface area contributed by atoms with Gasteiger partial charge in [-0.05, 0) is 113 Å². The highest BCUT2D eigenvalue weighted by Gasteiger charge is 2.13. The molecule has 3 aromatic carbocycles. The standard InChI is InChI=1S/C12H14N2O.2C12H13N.C10H13N3.3C10H11N3/c1-8(2)11-9-5-4-6-10(15-3)12(9)14-7-13-11;1-9(2)10-7-8-13-12-6-4-3-5-11(10)12;1-9(2)12-11-6-4-3-5-10(11)7-8-13-12;1-7(2)9-8-4-5-13(3)10(8)12-6-11-9;1-7(2)10-8-3-4-11-5-9(8)12-6-13-10;1-7(2)9-10-8(12-6-13-9)4-3-5-11-10;1-7(2)9-8-4-3-5-11-10(8)13-6-12-9/h4-8H,1-3H3;2*3-9H,1-2H3;4-7H,1-3H3;3*3-7H,1-2H3. The van der Waals surface area contributed by atoms with Gasteiger partial charge in [0.15, 0.2) is 5.65 Å². The van der Waals surface area contributed by atoms with Crippen molar-refractivity contribution in [3.05, 3.63) is 230 Å². The maximum Gasteiger partial charge on any atom is 0.162 e. The Labute approximate surface area is 546 Å². The zero-order valence-corrected chi connectivity index (χ0v) is 56.5. The topological polar surface area (TPSA) is 208 Å². The highest BCUT2D eigenvalue weighted by atomic mass is 16.5. The molecule has 14 aromatic rings. The first-order chi connectivity index (χ1) is 44.9. The van der Waals surface area contributed by atoms with Crippen LogP contribution in [0.4, 0.5) is 0 Å². The molecule has 0 spiro atoms. The predicted octanol–water partition coefficient (Wildman–Crippen LogP) is 18.0. The summed E-state index contributed by atoms with van der Waals surface area (Å²) in [5.74, 6) is 3.93. The van der Waals surface area contributed by atoms with Gasteiger partial charge in [-0.3, -0.25) is 19.9 Å². The van der Waals surface area contributed by atoms with Crippen LogP contribution in [0, 0.1) is 0 Å². The summed E-state index contributed by atoms with van der Waals surface area (Å²) < 4.78 is 7.29. The Morgan fingerprint density at radius 3 is 1.54 bits per heavy atom. The first kappa shape index (κ1) is 68.6. The molecule has 0 aliphatic heterocycles. The van der Waals surface area contributed by atoms with Crippen molar-refractivity contribution in [3.8, 4) is 5.75 Å². The minimum atomic E-state index is 0.389. The number of pyridine rings is 5. The summed E-state index contributed by atoms with van der Waals surface area (Å²) >= 11 is 0. The summed E-state index contributed by atoms with van der Waals surface area (Å²) in [5, 5.41) is 8.24. The highest BCUT2D eigenvalue weighted by molar-refractivity contribution is 5.87. The van der Waals surface area contributed by atoms with Crippen LogP contribution in [0.25, 0.3) is 76.6 Å². The van der Waals surface area contributed by atoms with Crippen molar-refractivity contribution in [3.63, 3.8) is 0 Å². The summed E-state index contributed by atoms with van der Waals surface area (Å²) in [5.41, 5.74) is 14.5. The normalized spacial score (nSPS) is 11.0. The van der Waals surface area contributed by atoms with Gasteiger partial charge in [0.1, 0.15) is 54.1 Å². The molecular weight excluding hydrogens is 1150 g/mol. The third-order valence-electron chi connectivity index (χ3n) is 15.2. The zero-order valence-electron chi connectivity index (χ0n) is 56.5. The molecule has 17 heteroatoms. The van der Waals surface area contributed by atoms with E-state index in [1.54, 1.807) is 63.5 Å². The quantitative estimate of drug-likeness (QED) is 0.139. The summed E-state index contributed by atoms with van der Waals surface area (Å²) in [7, 11) is 3.66. The lowest BCUT2D eigenvalue weighted by Crippen LogP contribution is -1.97. The highest BCUT2D eigenvalue weighted by Crippen LogP contribution is 2.29. The third-order valence-corrected chi connectivity index (χ3v) is 15.2.